The molecule has 0 aliphatic heterocycles. The van der Waals surface area contributed by atoms with Gasteiger partial charge in [0.2, 0.25) is 0 Å². The Bertz CT molecular complexity index is 890. The van der Waals surface area contributed by atoms with Crippen LogP contribution in [-0.4, -0.2) is 5.11 Å². The first kappa shape index (κ1) is 22.0. The topological polar surface area (TPSA) is 20.2 Å². The van der Waals surface area contributed by atoms with E-state index in [0.29, 0.717) is 0 Å². The molecule has 4 heteroatoms. The van der Waals surface area contributed by atoms with Crippen LogP contribution in [-0.2, 0) is 21.7 Å². The molecular formula is C21H18Cl2OTi. The zero-order valence-electron chi connectivity index (χ0n) is 13.8. The van der Waals surface area contributed by atoms with Gasteiger partial charge in [-0.1, -0.05) is 72.8 Å². The van der Waals surface area contributed by atoms with Crippen LogP contribution in [0, 0.1) is 0 Å². The number of hydrogen-bond acceptors (Lipinski definition) is 1. The third-order valence-corrected chi connectivity index (χ3v) is 4.56. The Balaban J connectivity index is 0.00000104. The average molecular weight is 405 g/mol. The van der Waals surface area contributed by atoms with Crippen LogP contribution in [0.5, 0.6) is 0 Å². The summed E-state index contributed by atoms with van der Waals surface area (Å²) in [5.74, 6) is 0.227. The molecule has 0 radical (unpaired) electrons. The van der Waals surface area contributed by atoms with Crippen LogP contribution in [0.4, 0.5) is 0 Å². The first-order valence-electron chi connectivity index (χ1n) is 7.72. The number of aliphatic hydroxyl groups is 1. The maximum absolute atomic E-state index is 10.4. The van der Waals surface area contributed by atoms with Crippen molar-refractivity contribution in [3.8, 4) is 0 Å². The van der Waals surface area contributed by atoms with E-state index in [1.54, 1.807) is 0 Å². The van der Waals surface area contributed by atoms with Crippen molar-refractivity contribution in [3.05, 3.63) is 89.0 Å². The van der Waals surface area contributed by atoms with Gasteiger partial charge in [0.05, 0.1) is 6.10 Å². The van der Waals surface area contributed by atoms with E-state index in [9.17, 15) is 5.11 Å². The second kappa shape index (κ2) is 9.03. The quantitative estimate of drug-likeness (QED) is 0.546. The summed E-state index contributed by atoms with van der Waals surface area (Å²) in [4.78, 5) is 0. The summed E-state index contributed by atoms with van der Waals surface area (Å²) >= 11 is 0. The van der Waals surface area contributed by atoms with Crippen LogP contribution in [0.15, 0.2) is 66.7 Å². The zero-order chi connectivity index (χ0) is 15.1. The van der Waals surface area contributed by atoms with Gasteiger partial charge in [-0.3, -0.25) is 0 Å². The largest absolute Gasteiger partial charge is 2.00 e. The van der Waals surface area contributed by atoms with Crippen LogP contribution >= 0.6 is 0 Å². The molecule has 0 aromatic heterocycles. The molecule has 4 rings (SSSR count). The minimum atomic E-state index is -0.484. The zero-order valence-corrected chi connectivity index (χ0v) is 16.9. The molecule has 2 atom stereocenters. The molecule has 0 fully saturated rings. The van der Waals surface area contributed by atoms with E-state index in [1.165, 1.54) is 22.1 Å². The Morgan fingerprint density at radius 2 is 1.52 bits per heavy atom. The van der Waals surface area contributed by atoms with Crippen molar-refractivity contribution in [1.29, 1.82) is 0 Å². The molecule has 1 N–H and O–H groups in total. The van der Waals surface area contributed by atoms with Gasteiger partial charge in [0.1, 0.15) is 0 Å². The van der Waals surface area contributed by atoms with Crippen molar-refractivity contribution in [1.82, 2.24) is 0 Å². The second-order valence-corrected chi connectivity index (χ2v) is 5.93. The molecule has 0 saturated heterocycles. The van der Waals surface area contributed by atoms with E-state index < -0.39 is 6.10 Å². The number of allylic oxidation sites excluding steroid dienone is 1. The predicted molar refractivity (Wildman–Crippen MR) is 91.9 cm³/mol. The molecule has 126 valence electrons. The van der Waals surface area contributed by atoms with Gasteiger partial charge in [-0.25, -0.2) is 0 Å². The van der Waals surface area contributed by atoms with Crippen molar-refractivity contribution in [2.24, 2.45) is 0 Å². The van der Waals surface area contributed by atoms with Crippen LogP contribution in [0.2, 0.25) is 0 Å². The third kappa shape index (κ3) is 3.87. The number of hydrogen-bond donors (Lipinski definition) is 1. The molecule has 25 heavy (non-hydrogen) atoms. The smallest absolute Gasteiger partial charge is 1.00 e. The Hall–Kier alpha value is -1.09. The van der Waals surface area contributed by atoms with Gasteiger partial charge < -0.3 is 29.9 Å². The molecular weight excluding hydrogens is 387 g/mol. The Morgan fingerprint density at radius 1 is 0.840 bits per heavy atom. The Morgan fingerprint density at radius 3 is 2.28 bits per heavy atom. The van der Waals surface area contributed by atoms with Gasteiger partial charge >= 0.3 is 21.7 Å². The molecule has 2 unspecified atom stereocenters. The third-order valence-electron chi connectivity index (χ3n) is 4.56. The van der Waals surface area contributed by atoms with E-state index in [0.717, 1.165) is 10.9 Å². The number of fused-ring (bicyclic) bond motifs is 2. The number of halogens is 2. The summed E-state index contributed by atoms with van der Waals surface area (Å²) in [7, 11) is 0. The molecule has 0 bridgehead atoms. The molecule has 1 aliphatic rings. The first-order valence-corrected chi connectivity index (χ1v) is 7.72. The van der Waals surface area contributed by atoms with E-state index in [1.807, 2.05) is 19.1 Å². The van der Waals surface area contributed by atoms with Crippen molar-refractivity contribution in [2.75, 3.05) is 0 Å². The monoisotopic (exact) mass is 404 g/mol. The fraction of sp³-hybridized carbons (Fsp3) is 0.143. The van der Waals surface area contributed by atoms with E-state index in [2.05, 4.69) is 60.7 Å². The van der Waals surface area contributed by atoms with E-state index in [-0.39, 0.29) is 52.4 Å². The molecule has 3 aromatic carbocycles. The summed E-state index contributed by atoms with van der Waals surface area (Å²) in [6.07, 6.45) is 3.93. The maximum atomic E-state index is 10.4. The van der Waals surface area contributed by atoms with Crippen LogP contribution in [0.25, 0.3) is 16.8 Å². The normalized spacial score (nSPS) is 15.5. The SMILES string of the molecule is CC(O)c1c(C2C=Cc3ccccc32)ccc2ccccc12.[Cl-].[Cl-].[Ti+2]. The number of aliphatic hydroxyl groups excluding tert-OH is 1. The first-order chi connectivity index (χ1) is 10.8. The standard InChI is InChI=1S/C21H18O.2ClH.Ti/c1-14(22)21-18-9-5-3-7-16(18)11-13-20(21)19-12-10-15-6-2-4-8-17(15)19;;;/h2-14,19,22H,1H3;2*1H;/q;;;+2/p-2. The predicted octanol–water partition coefficient (Wildman–Crippen LogP) is -0.943. The molecule has 0 amide bonds. The van der Waals surface area contributed by atoms with Gasteiger partial charge in [0.25, 0.3) is 0 Å². The second-order valence-electron chi connectivity index (χ2n) is 5.93. The van der Waals surface area contributed by atoms with Crippen LogP contribution < -0.4 is 24.8 Å². The fourth-order valence-electron chi connectivity index (χ4n) is 3.57. The number of rotatable bonds is 2. The minimum Gasteiger partial charge on any atom is -1.00 e. The fourth-order valence-corrected chi connectivity index (χ4v) is 3.57. The summed E-state index contributed by atoms with van der Waals surface area (Å²) in [6.45, 7) is 1.86. The van der Waals surface area contributed by atoms with Crippen molar-refractivity contribution < 1.29 is 51.6 Å². The maximum Gasteiger partial charge on any atom is 2.00 e. The van der Waals surface area contributed by atoms with Crippen molar-refractivity contribution in [3.63, 3.8) is 0 Å². The molecule has 0 saturated carbocycles. The van der Waals surface area contributed by atoms with Gasteiger partial charge in [-0.15, -0.1) is 0 Å². The van der Waals surface area contributed by atoms with Gasteiger partial charge in [-0.2, -0.15) is 0 Å². The van der Waals surface area contributed by atoms with E-state index >= 15 is 0 Å². The Labute approximate surface area is 175 Å². The Kier molecular flexibility index (Phi) is 7.93. The van der Waals surface area contributed by atoms with Gasteiger partial charge in [0, 0.05) is 5.92 Å². The molecule has 1 nitrogen and oxygen atoms in total. The molecule has 0 heterocycles. The van der Waals surface area contributed by atoms with Crippen molar-refractivity contribution in [2.45, 2.75) is 18.9 Å². The van der Waals surface area contributed by atoms with Crippen LogP contribution in [0.3, 0.4) is 0 Å². The summed E-state index contributed by atoms with van der Waals surface area (Å²) in [5.41, 5.74) is 4.84. The number of benzene rings is 3. The van der Waals surface area contributed by atoms with E-state index in [4.69, 9.17) is 0 Å². The van der Waals surface area contributed by atoms with Gasteiger partial charge in [0.15, 0.2) is 0 Å². The summed E-state index contributed by atoms with van der Waals surface area (Å²) in [6, 6.07) is 21.1. The molecule has 3 aromatic rings. The van der Waals surface area contributed by atoms with Crippen molar-refractivity contribution >= 4 is 16.8 Å². The molecule has 1 aliphatic carbocycles. The van der Waals surface area contributed by atoms with Gasteiger partial charge in [-0.05, 0) is 39.9 Å². The minimum absolute atomic E-state index is 0. The molecule has 0 spiro atoms. The average Bonchev–Trinajstić information content (AvgIpc) is 2.97. The van der Waals surface area contributed by atoms with Crippen LogP contribution in [0.1, 0.15) is 41.2 Å². The summed E-state index contributed by atoms with van der Waals surface area (Å²) < 4.78 is 0. The summed E-state index contributed by atoms with van der Waals surface area (Å²) in [5, 5.41) is 12.7.